The van der Waals surface area contributed by atoms with Crippen molar-refractivity contribution in [2.45, 2.75) is 25.8 Å². The Morgan fingerprint density at radius 2 is 2.09 bits per heavy atom. The highest BCUT2D eigenvalue weighted by Crippen LogP contribution is 2.18. The van der Waals surface area contributed by atoms with Crippen LogP contribution in [0.3, 0.4) is 0 Å². The number of rotatable bonds is 3. The fourth-order valence-corrected chi connectivity index (χ4v) is 2.92. The first-order valence-electron chi connectivity index (χ1n) is 7.87. The first-order valence-corrected chi connectivity index (χ1v) is 7.87. The van der Waals surface area contributed by atoms with Crippen molar-refractivity contribution in [3.63, 3.8) is 0 Å². The van der Waals surface area contributed by atoms with Gasteiger partial charge < -0.3 is 10.2 Å². The van der Waals surface area contributed by atoms with Crippen molar-refractivity contribution in [1.29, 1.82) is 0 Å². The van der Waals surface area contributed by atoms with Crippen molar-refractivity contribution in [2.75, 3.05) is 18.0 Å². The highest BCUT2D eigenvalue weighted by Gasteiger charge is 2.23. The fraction of sp³-hybridized carbons (Fsp3) is 0.333. The SMILES string of the molecule is Cc1cccc(N2CCC[C@@H](NC(=O)c3ccccc3F)C2)n1. The van der Waals surface area contributed by atoms with Crippen LogP contribution in [0.25, 0.3) is 0 Å². The number of halogens is 1. The summed E-state index contributed by atoms with van der Waals surface area (Å²) in [5.41, 5.74) is 1.07. The van der Waals surface area contributed by atoms with Gasteiger partial charge in [0.15, 0.2) is 0 Å². The number of pyridine rings is 1. The number of carbonyl (C=O) groups is 1. The zero-order valence-electron chi connectivity index (χ0n) is 13.1. The first kappa shape index (κ1) is 15.5. The molecule has 3 rings (SSSR count). The third kappa shape index (κ3) is 3.67. The van der Waals surface area contributed by atoms with Crippen LogP contribution in [-0.4, -0.2) is 30.0 Å². The van der Waals surface area contributed by atoms with Crippen LogP contribution < -0.4 is 10.2 Å². The fourth-order valence-electron chi connectivity index (χ4n) is 2.92. The van der Waals surface area contributed by atoms with Crippen molar-refractivity contribution in [3.8, 4) is 0 Å². The van der Waals surface area contributed by atoms with Crippen LogP contribution in [-0.2, 0) is 0 Å². The topological polar surface area (TPSA) is 45.2 Å². The Labute approximate surface area is 135 Å². The van der Waals surface area contributed by atoms with E-state index in [1.807, 2.05) is 25.1 Å². The summed E-state index contributed by atoms with van der Waals surface area (Å²) in [6, 6.07) is 12.0. The van der Waals surface area contributed by atoms with E-state index in [9.17, 15) is 9.18 Å². The molecule has 1 amide bonds. The maximum atomic E-state index is 13.7. The Balaban J connectivity index is 1.67. The molecule has 0 unspecified atom stereocenters. The molecular weight excluding hydrogens is 293 g/mol. The molecule has 0 aliphatic carbocycles. The lowest BCUT2D eigenvalue weighted by molar-refractivity contribution is 0.0929. The summed E-state index contributed by atoms with van der Waals surface area (Å²) in [5.74, 6) is 0.0833. The number of piperidine rings is 1. The van der Waals surface area contributed by atoms with E-state index in [1.165, 1.54) is 12.1 Å². The summed E-state index contributed by atoms with van der Waals surface area (Å²) in [6.45, 7) is 3.57. The minimum atomic E-state index is -0.488. The van der Waals surface area contributed by atoms with Crippen LogP contribution in [0.1, 0.15) is 28.9 Å². The van der Waals surface area contributed by atoms with Gasteiger partial charge in [0.1, 0.15) is 11.6 Å². The predicted octanol–water partition coefficient (Wildman–Crippen LogP) is 2.93. The van der Waals surface area contributed by atoms with Gasteiger partial charge in [-0.2, -0.15) is 0 Å². The lowest BCUT2D eigenvalue weighted by atomic mass is 10.0. The molecule has 1 atom stereocenters. The molecule has 1 aliphatic rings. The number of aryl methyl sites for hydroxylation is 1. The van der Waals surface area contributed by atoms with Crippen molar-refractivity contribution in [2.24, 2.45) is 0 Å². The van der Waals surface area contributed by atoms with Crippen molar-refractivity contribution in [3.05, 3.63) is 59.5 Å². The molecule has 1 aromatic heterocycles. The maximum absolute atomic E-state index is 13.7. The summed E-state index contributed by atoms with van der Waals surface area (Å²) < 4.78 is 13.7. The minimum absolute atomic E-state index is 0.00170. The molecule has 2 aromatic rings. The van der Waals surface area contributed by atoms with Gasteiger partial charge in [-0.1, -0.05) is 18.2 Å². The van der Waals surface area contributed by atoms with Crippen LogP contribution in [0.4, 0.5) is 10.2 Å². The molecule has 0 radical (unpaired) electrons. The Bertz CT molecular complexity index is 704. The third-order valence-corrected chi connectivity index (χ3v) is 4.07. The Morgan fingerprint density at radius 1 is 1.26 bits per heavy atom. The van der Waals surface area contributed by atoms with Gasteiger partial charge in [-0.05, 0) is 44.0 Å². The average Bonchev–Trinajstić information content (AvgIpc) is 2.55. The molecule has 0 spiro atoms. The molecule has 23 heavy (non-hydrogen) atoms. The van der Waals surface area contributed by atoms with E-state index < -0.39 is 5.82 Å². The smallest absolute Gasteiger partial charge is 0.254 e. The maximum Gasteiger partial charge on any atom is 0.254 e. The molecule has 1 aliphatic heterocycles. The van der Waals surface area contributed by atoms with Gasteiger partial charge >= 0.3 is 0 Å². The van der Waals surface area contributed by atoms with Crippen LogP contribution in [0.15, 0.2) is 42.5 Å². The van der Waals surface area contributed by atoms with E-state index in [1.54, 1.807) is 12.1 Å². The Kier molecular flexibility index (Phi) is 4.55. The second-order valence-corrected chi connectivity index (χ2v) is 5.88. The number of aromatic nitrogens is 1. The summed E-state index contributed by atoms with van der Waals surface area (Å²) in [4.78, 5) is 19.0. The zero-order valence-corrected chi connectivity index (χ0v) is 13.1. The van der Waals surface area contributed by atoms with E-state index in [-0.39, 0.29) is 17.5 Å². The normalized spacial score (nSPS) is 17.8. The second kappa shape index (κ2) is 6.77. The van der Waals surface area contributed by atoms with Gasteiger partial charge in [0, 0.05) is 24.8 Å². The van der Waals surface area contributed by atoms with Gasteiger partial charge in [-0.25, -0.2) is 9.37 Å². The number of hydrogen-bond acceptors (Lipinski definition) is 3. The minimum Gasteiger partial charge on any atom is -0.355 e. The van der Waals surface area contributed by atoms with Crippen molar-refractivity contribution >= 4 is 11.7 Å². The molecule has 5 heteroatoms. The number of nitrogens with one attached hydrogen (secondary N) is 1. The van der Waals surface area contributed by atoms with E-state index >= 15 is 0 Å². The van der Waals surface area contributed by atoms with Crippen LogP contribution >= 0.6 is 0 Å². The number of hydrogen-bond donors (Lipinski definition) is 1. The number of carbonyl (C=O) groups excluding carboxylic acids is 1. The molecule has 1 N–H and O–H groups in total. The van der Waals surface area contributed by atoms with E-state index in [4.69, 9.17) is 0 Å². The second-order valence-electron chi connectivity index (χ2n) is 5.88. The van der Waals surface area contributed by atoms with E-state index in [0.29, 0.717) is 6.54 Å². The standard InChI is InChI=1S/C18H20FN3O/c1-13-6-4-10-17(20-13)22-11-5-7-14(12-22)21-18(23)15-8-2-3-9-16(15)19/h2-4,6,8-10,14H,5,7,11-12H2,1H3,(H,21,23)/t14-/m1/s1. The van der Waals surface area contributed by atoms with Crippen LogP contribution in [0.5, 0.6) is 0 Å². The van der Waals surface area contributed by atoms with E-state index in [2.05, 4.69) is 15.2 Å². The summed E-state index contributed by atoms with van der Waals surface area (Å²) in [6.07, 6.45) is 1.86. The molecule has 0 bridgehead atoms. The number of benzene rings is 1. The Morgan fingerprint density at radius 3 is 2.87 bits per heavy atom. The molecule has 4 nitrogen and oxygen atoms in total. The quantitative estimate of drug-likeness (QED) is 0.947. The summed E-state index contributed by atoms with van der Waals surface area (Å²) in [7, 11) is 0. The largest absolute Gasteiger partial charge is 0.355 e. The number of amides is 1. The average molecular weight is 313 g/mol. The van der Waals surface area contributed by atoms with Gasteiger partial charge in [0.05, 0.1) is 5.56 Å². The Hall–Kier alpha value is -2.43. The zero-order chi connectivity index (χ0) is 16.2. The van der Waals surface area contributed by atoms with E-state index in [0.717, 1.165) is 30.9 Å². The molecule has 1 saturated heterocycles. The first-order chi connectivity index (χ1) is 11.1. The van der Waals surface area contributed by atoms with Crippen LogP contribution in [0, 0.1) is 12.7 Å². The third-order valence-electron chi connectivity index (χ3n) is 4.07. The number of nitrogens with zero attached hydrogens (tertiary/aromatic N) is 2. The summed E-state index contributed by atoms with van der Waals surface area (Å²) >= 11 is 0. The molecule has 1 fully saturated rings. The van der Waals surface area contributed by atoms with Gasteiger partial charge in [0.25, 0.3) is 5.91 Å². The molecular formula is C18H20FN3O. The summed E-state index contributed by atoms with van der Waals surface area (Å²) in [5, 5.41) is 2.94. The predicted molar refractivity (Wildman–Crippen MR) is 88.1 cm³/mol. The highest BCUT2D eigenvalue weighted by molar-refractivity contribution is 5.94. The van der Waals surface area contributed by atoms with Gasteiger partial charge in [0.2, 0.25) is 0 Å². The van der Waals surface area contributed by atoms with Crippen LogP contribution in [0.2, 0.25) is 0 Å². The molecule has 0 saturated carbocycles. The monoisotopic (exact) mass is 313 g/mol. The van der Waals surface area contributed by atoms with Crippen molar-refractivity contribution in [1.82, 2.24) is 10.3 Å². The lowest BCUT2D eigenvalue weighted by Gasteiger charge is -2.34. The molecule has 2 heterocycles. The number of anilines is 1. The van der Waals surface area contributed by atoms with Gasteiger partial charge in [-0.15, -0.1) is 0 Å². The molecule has 120 valence electrons. The molecule has 1 aromatic carbocycles. The van der Waals surface area contributed by atoms with Gasteiger partial charge in [-0.3, -0.25) is 4.79 Å². The lowest BCUT2D eigenvalue weighted by Crippen LogP contribution is -2.48. The van der Waals surface area contributed by atoms with Crippen molar-refractivity contribution < 1.29 is 9.18 Å². The highest BCUT2D eigenvalue weighted by atomic mass is 19.1.